The maximum absolute atomic E-state index is 10.7. The first-order valence-corrected chi connectivity index (χ1v) is 5.92. The molecule has 0 saturated carbocycles. The monoisotopic (exact) mass is 283 g/mol. The van der Waals surface area contributed by atoms with Gasteiger partial charge in [-0.15, -0.1) is 0 Å². The second kappa shape index (κ2) is 7.24. The highest BCUT2D eigenvalue weighted by atomic mass is 16.6. The highest BCUT2D eigenvalue weighted by Gasteiger charge is 2.18. The first-order chi connectivity index (χ1) is 9.51. The summed E-state index contributed by atoms with van der Waals surface area (Å²) >= 11 is 0. The second-order valence-corrected chi connectivity index (χ2v) is 3.93. The minimum absolute atomic E-state index is 0.195. The number of hydrogen-bond donors (Lipinski definition) is 2. The zero-order valence-electron chi connectivity index (χ0n) is 11.3. The van der Waals surface area contributed by atoms with Gasteiger partial charge in [-0.3, -0.25) is 10.1 Å². The Balaban J connectivity index is 3.08. The van der Waals surface area contributed by atoms with Crippen LogP contribution in [0.4, 0.5) is 11.5 Å². The molecule has 0 unspecified atom stereocenters. The van der Waals surface area contributed by atoms with Crippen molar-refractivity contribution in [2.45, 2.75) is 6.92 Å². The third-order valence-corrected chi connectivity index (χ3v) is 2.58. The predicted octanol–water partition coefficient (Wildman–Crippen LogP) is 0.557. The molecule has 9 heteroatoms. The quantitative estimate of drug-likeness (QED) is 0.187. The van der Waals surface area contributed by atoms with Gasteiger partial charge in [0, 0.05) is 26.3 Å². The maximum atomic E-state index is 10.7. The van der Waals surface area contributed by atoms with Crippen LogP contribution in [0.1, 0.15) is 12.5 Å². The highest BCUT2D eigenvalue weighted by molar-refractivity contribution is 6.01. The van der Waals surface area contributed by atoms with E-state index < -0.39 is 4.92 Å². The molecule has 20 heavy (non-hydrogen) atoms. The van der Waals surface area contributed by atoms with E-state index in [2.05, 4.69) is 10.1 Å². The number of hydrogen-bond acceptors (Lipinski definition) is 7. The van der Waals surface area contributed by atoms with Gasteiger partial charge in [-0.05, 0) is 6.92 Å². The molecule has 0 aliphatic carbocycles. The summed E-state index contributed by atoms with van der Waals surface area (Å²) in [4.78, 5) is 15.9. The van der Waals surface area contributed by atoms with Crippen molar-refractivity contribution in [1.82, 2.24) is 4.98 Å². The van der Waals surface area contributed by atoms with E-state index >= 15 is 0 Å². The molecule has 0 amide bonds. The second-order valence-electron chi connectivity index (χ2n) is 3.93. The molecule has 1 rings (SSSR count). The molecule has 110 valence electrons. The Morgan fingerprint density at radius 3 is 2.95 bits per heavy atom. The summed E-state index contributed by atoms with van der Waals surface area (Å²) < 4.78 is 5.23. The zero-order chi connectivity index (χ0) is 15.1. The summed E-state index contributed by atoms with van der Waals surface area (Å²) in [7, 11) is 1.74. The van der Waals surface area contributed by atoms with Crippen molar-refractivity contribution in [3.8, 4) is 0 Å². The standard InChI is InChI=1S/C11H17N5O4/c1-3-20-5-4-15(2)11-9(10(12)14-17)6-8(7-13-11)16(18)19/h6-7,17H,3-5H2,1-2H3,(H2,12,14). The van der Waals surface area contributed by atoms with Crippen LogP contribution in [0.5, 0.6) is 0 Å². The van der Waals surface area contributed by atoms with Crippen LogP contribution in [0.25, 0.3) is 0 Å². The number of anilines is 1. The topological polar surface area (TPSA) is 127 Å². The molecular formula is C11H17N5O4. The lowest BCUT2D eigenvalue weighted by molar-refractivity contribution is -0.385. The van der Waals surface area contributed by atoms with Gasteiger partial charge in [-0.2, -0.15) is 0 Å². The molecule has 0 radical (unpaired) electrons. The Morgan fingerprint density at radius 1 is 1.70 bits per heavy atom. The fourth-order valence-corrected chi connectivity index (χ4v) is 1.54. The van der Waals surface area contributed by atoms with Gasteiger partial charge in [0.1, 0.15) is 12.0 Å². The minimum atomic E-state index is -0.592. The molecule has 1 heterocycles. The zero-order valence-corrected chi connectivity index (χ0v) is 11.3. The van der Waals surface area contributed by atoms with E-state index in [9.17, 15) is 10.1 Å². The molecule has 0 aromatic carbocycles. The van der Waals surface area contributed by atoms with E-state index in [1.165, 1.54) is 6.07 Å². The molecule has 0 aliphatic heterocycles. The average molecular weight is 283 g/mol. The number of amidine groups is 1. The van der Waals surface area contributed by atoms with Crippen molar-refractivity contribution < 1.29 is 14.9 Å². The fourth-order valence-electron chi connectivity index (χ4n) is 1.54. The molecule has 1 aromatic rings. The van der Waals surface area contributed by atoms with E-state index in [4.69, 9.17) is 15.7 Å². The van der Waals surface area contributed by atoms with E-state index in [-0.39, 0.29) is 17.1 Å². The molecule has 3 N–H and O–H groups in total. The summed E-state index contributed by atoms with van der Waals surface area (Å²) in [6.07, 6.45) is 1.13. The SMILES string of the molecule is CCOCCN(C)c1ncc([N+](=O)[O-])cc1C(N)=NO. The predicted molar refractivity (Wildman–Crippen MR) is 73.2 cm³/mol. The van der Waals surface area contributed by atoms with Gasteiger partial charge in [0.2, 0.25) is 0 Å². The van der Waals surface area contributed by atoms with Crippen LogP contribution in [-0.4, -0.2) is 47.8 Å². The summed E-state index contributed by atoms with van der Waals surface area (Å²) in [5.74, 6) is 0.144. The van der Waals surface area contributed by atoms with E-state index in [1.807, 2.05) is 6.92 Å². The van der Waals surface area contributed by atoms with Crippen molar-refractivity contribution in [1.29, 1.82) is 0 Å². The number of rotatable bonds is 7. The summed E-state index contributed by atoms with van der Waals surface area (Å²) in [5, 5.41) is 22.4. The van der Waals surface area contributed by atoms with E-state index in [1.54, 1.807) is 11.9 Å². The summed E-state index contributed by atoms with van der Waals surface area (Å²) in [5.41, 5.74) is 5.50. The number of aromatic nitrogens is 1. The van der Waals surface area contributed by atoms with Crippen LogP contribution in [0.15, 0.2) is 17.4 Å². The Kier molecular flexibility index (Phi) is 5.66. The largest absolute Gasteiger partial charge is 0.409 e. The van der Waals surface area contributed by atoms with E-state index in [0.717, 1.165) is 6.20 Å². The smallest absolute Gasteiger partial charge is 0.288 e. The Labute approximate surface area is 115 Å². The lowest BCUT2D eigenvalue weighted by Crippen LogP contribution is -2.27. The lowest BCUT2D eigenvalue weighted by atomic mass is 10.2. The van der Waals surface area contributed by atoms with Crippen LogP contribution in [-0.2, 0) is 4.74 Å². The maximum Gasteiger partial charge on any atom is 0.288 e. The van der Waals surface area contributed by atoms with Crippen molar-refractivity contribution in [2.24, 2.45) is 10.9 Å². The number of oxime groups is 1. The lowest BCUT2D eigenvalue weighted by Gasteiger charge is -2.20. The van der Waals surface area contributed by atoms with Crippen molar-refractivity contribution in [2.75, 3.05) is 31.7 Å². The molecule has 0 aliphatic rings. The molecular weight excluding hydrogens is 266 g/mol. The summed E-state index contributed by atoms with van der Waals surface area (Å²) in [6, 6.07) is 1.22. The number of ether oxygens (including phenoxy) is 1. The normalized spacial score (nSPS) is 11.4. The number of likely N-dealkylation sites (N-methyl/N-ethyl adjacent to an activating group) is 1. The van der Waals surface area contributed by atoms with Gasteiger partial charge >= 0.3 is 0 Å². The highest BCUT2D eigenvalue weighted by Crippen LogP contribution is 2.21. The van der Waals surface area contributed by atoms with Crippen molar-refractivity contribution in [3.63, 3.8) is 0 Å². The summed E-state index contributed by atoms with van der Waals surface area (Å²) in [6.45, 7) is 3.46. The molecule has 0 spiro atoms. The van der Waals surface area contributed by atoms with E-state index in [0.29, 0.717) is 25.6 Å². The molecule has 0 fully saturated rings. The van der Waals surface area contributed by atoms with Gasteiger partial charge in [0.25, 0.3) is 5.69 Å². The fraction of sp³-hybridized carbons (Fsp3) is 0.455. The Hall–Kier alpha value is -2.42. The number of nitrogens with two attached hydrogens (primary N) is 1. The molecule has 0 atom stereocenters. The first-order valence-electron chi connectivity index (χ1n) is 5.92. The molecule has 0 saturated heterocycles. The molecule has 1 aromatic heterocycles. The van der Waals surface area contributed by atoms with Crippen LogP contribution in [0.3, 0.4) is 0 Å². The van der Waals surface area contributed by atoms with Crippen molar-refractivity contribution in [3.05, 3.63) is 27.9 Å². The number of nitro groups is 1. The van der Waals surface area contributed by atoms with Crippen LogP contribution >= 0.6 is 0 Å². The number of nitrogens with zero attached hydrogens (tertiary/aromatic N) is 4. The van der Waals surface area contributed by atoms with Crippen LogP contribution in [0.2, 0.25) is 0 Å². The Morgan fingerprint density at radius 2 is 2.40 bits per heavy atom. The van der Waals surface area contributed by atoms with Gasteiger partial charge < -0.3 is 20.6 Å². The number of pyridine rings is 1. The van der Waals surface area contributed by atoms with Crippen LogP contribution < -0.4 is 10.6 Å². The minimum Gasteiger partial charge on any atom is -0.409 e. The Bertz CT molecular complexity index is 506. The van der Waals surface area contributed by atoms with Gasteiger partial charge in [0.05, 0.1) is 17.1 Å². The first kappa shape index (κ1) is 15.6. The molecule has 0 bridgehead atoms. The molecule has 9 nitrogen and oxygen atoms in total. The van der Waals surface area contributed by atoms with Gasteiger partial charge in [-0.25, -0.2) is 4.98 Å². The van der Waals surface area contributed by atoms with Crippen LogP contribution in [0, 0.1) is 10.1 Å². The van der Waals surface area contributed by atoms with Gasteiger partial charge in [-0.1, -0.05) is 5.16 Å². The third-order valence-electron chi connectivity index (χ3n) is 2.58. The average Bonchev–Trinajstić information content (AvgIpc) is 2.45. The van der Waals surface area contributed by atoms with Crippen molar-refractivity contribution >= 4 is 17.3 Å². The van der Waals surface area contributed by atoms with Gasteiger partial charge in [0.15, 0.2) is 5.84 Å². The third kappa shape index (κ3) is 3.79.